The molecule has 2 heterocycles. The van der Waals surface area contributed by atoms with E-state index in [0.29, 0.717) is 12.1 Å². The molecule has 0 unspecified atom stereocenters. The van der Waals surface area contributed by atoms with Gasteiger partial charge in [0.2, 0.25) is 0 Å². The van der Waals surface area contributed by atoms with Crippen molar-refractivity contribution in [3.63, 3.8) is 0 Å². The lowest BCUT2D eigenvalue weighted by Crippen LogP contribution is -2.50. The molecule has 2 aliphatic rings. The van der Waals surface area contributed by atoms with Gasteiger partial charge in [-0.2, -0.15) is 0 Å². The molecular weight excluding hydrogens is 400 g/mol. The molecule has 0 aromatic heterocycles. The van der Waals surface area contributed by atoms with Crippen molar-refractivity contribution < 1.29 is 10.2 Å². The van der Waals surface area contributed by atoms with E-state index in [1.54, 1.807) is 0 Å². The SMILES string of the molecule is C[C@@H]1CN(C[C@H](O)c2ccccc2)CCN1.C[C@@H]1CN([C@H](CO)c2ccccc2)CCN1. The average molecular weight is 441 g/mol. The molecule has 2 saturated heterocycles. The Balaban J connectivity index is 0.000000181. The Kier molecular flexibility index (Phi) is 10.1. The number of nitrogens with zero attached hydrogens (tertiary/aromatic N) is 2. The molecule has 32 heavy (non-hydrogen) atoms. The quantitative estimate of drug-likeness (QED) is 0.551. The fourth-order valence-corrected chi connectivity index (χ4v) is 4.56. The smallest absolute Gasteiger partial charge is 0.0916 e. The van der Waals surface area contributed by atoms with E-state index in [-0.39, 0.29) is 18.8 Å². The molecule has 2 aliphatic heterocycles. The fraction of sp³-hybridized carbons (Fsp3) is 0.538. The molecule has 2 fully saturated rings. The number of hydrogen-bond acceptors (Lipinski definition) is 6. The zero-order valence-electron chi connectivity index (χ0n) is 19.5. The number of aliphatic hydroxyl groups excluding tert-OH is 2. The summed E-state index contributed by atoms with van der Waals surface area (Å²) in [5.41, 5.74) is 2.22. The Labute approximate surface area is 193 Å². The van der Waals surface area contributed by atoms with Crippen LogP contribution in [0.25, 0.3) is 0 Å². The Morgan fingerprint density at radius 2 is 1.41 bits per heavy atom. The second-order valence-electron chi connectivity index (χ2n) is 9.00. The second-order valence-corrected chi connectivity index (χ2v) is 9.00. The number of rotatable bonds is 6. The van der Waals surface area contributed by atoms with Crippen LogP contribution in [0.4, 0.5) is 0 Å². The fourth-order valence-electron chi connectivity index (χ4n) is 4.56. The summed E-state index contributed by atoms with van der Waals surface area (Å²) in [4.78, 5) is 4.68. The molecular formula is C26H40N4O2. The molecule has 6 heteroatoms. The summed E-state index contributed by atoms with van der Waals surface area (Å²) in [5.74, 6) is 0. The van der Waals surface area contributed by atoms with Crippen LogP contribution >= 0.6 is 0 Å². The van der Waals surface area contributed by atoms with Gasteiger partial charge >= 0.3 is 0 Å². The van der Waals surface area contributed by atoms with E-state index >= 15 is 0 Å². The molecule has 2 aromatic carbocycles. The van der Waals surface area contributed by atoms with Gasteiger partial charge in [-0.1, -0.05) is 60.7 Å². The van der Waals surface area contributed by atoms with Gasteiger partial charge in [0.05, 0.1) is 18.8 Å². The lowest BCUT2D eigenvalue weighted by Gasteiger charge is -2.37. The van der Waals surface area contributed by atoms with E-state index in [9.17, 15) is 10.2 Å². The van der Waals surface area contributed by atoms with E-state index in [0.717, 1.165) is 51.4 Å². The Bertz CT molecular complexity index is 761. The zero-order valence-corrected chi connectivity index (χ0v) is 19.5. The van der Waals surface area contributed by atoms with Crippen molar-refractivity contribution in [3.05, 3.63) is 71.8 Å². The van der Waals surface area contributed by atoms with E-state index in [2.05, 4.69) is 46.4 Å². The largest absolute Gasteiger partial charge is 0.394 e. The van der Waals surface area contributed by atoms with Crippen molar-refractivity contribution in [1.82, 2.24) is 20.4 Å². The molecule has 2 aromatic rings. The monoisotopic (exact) mass is 440 g/mol. The van der Waals surface area contributed by atoms with Gasteiger partial charge in [0.25, 0.3) is 0 Å². The first-order valence-corrected chi connectivity index (χ1v) is 11.9. The minimum absolute atomic E-state index is 0.144. The molecule has 4 rings (SSSR count). The summed E-state index contributed by atoms with van der Waals surface area (Å²) in [5, 5.41) is 26.5. The number of hydrogen-bond donors (Lipinski definition) is 4. The summed E-state index contributed by atoms with van der Waals surface area (Å²) in [6.45, 7) is 11.4. The van der Waals surface area contributed by atoms with Crippen LogP contribution in [-0.2, 0) is 0 Å². The lowest BCUT2D eigenvalue weighted by atomic mass is 10.0. The van der Waals surface area contributed by atoms with Crippen LogP contribution in [0.15, 0.2) is 60.7 Å². The van der Waals surface area contributed by atoms with Crippen LogP contribution in [-0.4, -0.2) is 84.5 Å². The number of benzene rings is 2. The Morgan fingerprint density at radius 1 is 0.844 bits per heavy atom. The van der Waals surface area contributed by atoms with Gasteiger partial charge in [0.15, 0.2) is 0 Å². The summed E-state index contributed by atoms with van der Waals surface area (Å²) >= 11 is 0. The van der Waals surface area contributed by atoms with E-state index in [4.69, 9.17) is 0 Å². The highest BCUT2D eigenvalue weighted by Crippen LogP contribution is 2.21. The number of nitrogens with one attached hydrogen (secondary N) is 2. The lowest BCUT2D eigenvalue weighted by molar-refractivity contribution is 0.0961. The molecule has 6 nitrogen and oxygen atoms in total. The van der Waals surface area contributed by atoms with E-state index in [1.165, 1.54) is 5.56 Å². The highest BCUT2D eigenvalue weighted by molar-refractivity contribution is 5.19. The predicted molar refractivity (Wildman–Crippen MR) is 131 cm³/mol. The van der Waals surface area contributed by atoms with Gasteiger partial charge in [-0.05, 0) is 25.0 Å². The van der Waals surface area contributed by atoms with Gasteiger partial charge in [0, 0.05) is 57.9 Å². The first kappa shape index (κ1) is 24.8. The summed E-state index contributed by atoms with van der Waals surface area (Å²) in [6, 6.07) is 21.3. The van der Waals surface area contributed by atoms with Crippen LogP contribution in [0, 0.1) is 0 Å². The minimum Gasteiger partial charge on any atom is -0.394 e. The minimum atomic E-state index is -0.369. The number of piperazine rings is 2. The summed E-state index contributed by atoms with van der Waals surface area (Å²) in [7, 11) is 0. The van der Waals surface area contributed by atoms with Crippen molar-refractivity contribution in [2.75, 3.05) is 52.4 Å². The third-order valence-corrected chi connectivity index (χ3v) is 6.27. The summed E-state index contributed by atoms with van der Waals surface area (Å²) in [6.07, 6.45) is -0.369. The molecule has 0 amide bonds. The molecule has 0 spiro atoms. The third kappa shape index (κ3) is 7.66. The molecule has 4 N–H and O–H groups in total. The predicted octanol–water partition coefficient (Wildman–Crippen LogP) is 2.03. The van der Waals surface area contributed by atoms with Crippen LogP contribution in [0.3, 0.4) is 0 Å². The Hall–Kier alpha value is -1.80. The van der Waals surface area contributed by atoms with Gasteiger partial charge in [-0.25, -0.2) is 0 Å². The highest BCUT2D eigenvalue weighted by Gasteiger charge is 2.24. The van der Waals surface area contributed by atoms with Crippen LogP contribution in [0.5, 0.6) is 0 Å². The van der Waals surface area contributed by atoms with Crippen LogP contribution < -0.4 is 10.6 Å². The van der Waals surface area contributed by atoms with Crippen molar-refractivity contribution >= 4 is 0 Å². The van der Waals surface area contributed by atoms with Gasteiger partial charge < -0.3 is 20.8 Å². The summed E-state index contributed by atoms with van der Waals surface area (Å²) < 4.78 is 0. The van der Waals surface area contributed by atoms with Gasteiger partial charge in [-0.3, -0.25) is 9.80 Å². The number of aliphatic hydroxyl groups is 2. The first-order chi connectivity index (χ1) is 15.6. The standard InChI is InChI=1S/2C13H20N2O/c1-11-9-15(8-7-14-11)13(10-16)12-5-3-2-4-6-12;1-11-9-15(8-7-14-11)10-13(16)12-5-3-2-4-6-12/h2*2-6,11,13-14,16H,7-10H2,1H3/t11-,13-;11-,13+/m11/s1. The molecule has 0 bridgehead atoms. The van der Waals surface area contributed by atoms with Gasteiger partial charge in [-0.15, -0.1) is 0 Å². The van der Waals surface area contributed by atoms with Gasteiger partial charge in [0.1, 0.15) is 0 Å². The molecule has 4 atom stereocenters. The van der Waals surface area contributed by atoms with Crippen molar-refractivity contribution in [1.29, 1.82) is 0 Å². The topological polar surface area (TPSA) is 71.0 Å². The van der Waals surface area contributed by atoms with Crippen LogP contribution in [0.1, 0.15) is 37.1 Å². The maximum absolute atomic E-state index is 10.1. The van der Waals surface area contributed by atoms with E-state index < -0.39 is 0 Å². The highest BCUT2D eigenvalue weighted by atomic mass is 16.3. The van der Waals surface area contributed by atoms with Crippen molar-refractivity contribution in [2.24, 2.45) is 0 Å². The van der Waals surface area contributed by atoms with Crippen LogP contribution in [0.2, 0.25) is 0 Å². The Morgan fingerprint density at radius 3 is 1.97 bits per heavy atom. The maximum atomic E-state index is 10.1. The first-order valence-electron chi connectivity index (χ1n) is 11.9. The second kappa shape index (κ2) is 13.0. The molecule has 0 radical (unpaired) electrons. The molecule has 0 aliphatic carbocycles. The maximum Gasteiger partial charge on any atom is 0.0916 e. The molecule has 176 valence electrons. The third-order valence-electron chi connectivity index (χ3n) is 6.27. The number of β-amino-alcohol motifs (C(OH)–C–C–N with tert-alkyl or cyclic N) is 1. The molecule has 0 saturated carbocycles. The van der Waals surface area contributed by atoms with E-state index in [1.807, 2.05) is 48.5 Å². The average Bonchev–Trinajstić information content (AvgIpc) is 2.81. The van der Waals surface area contributed by atoms with Crippen molar-refractivity contribution in [3.8, 4) is 0 Å². The zero-order chi connectivity index (χ0) is 22.8. The van der Waals surface area contributed by atoms with Crippen molar-refractivity contribution in [2.45, 2.75) is 38.1 Å². The normalized spacial score (nSPS) is 24.2.